The summed E-state index contributed by atoms with van der Waals surface area (Å²) in [6, 6.07) is 5.12. The van der Waals surface area contributed by atoms with Crippen LogP contribution >= 0.6 is 0 Å². The lowest BCUT2D eigenvalue weighted by Gasteiger charge is -2.09. The summed E-state index contributed by atoms with van der Waals surface area (Å²) in [6.45, 7) is 3.74. The van der Waals surface area contributed by atoms with Crippen LogP contribution in [0.4, 0.5) is 4.39 Å². The Bertz CT molecular complexity index is 271. The predicted octanol–water partition coefficient (Wildman–Crippen LogP) is 2.54. The third kappa shape index (κ3) is 1.83. The molecule has 1 nitrogen and oxygen atoms in total. The lowest BCUT2D eigenvalue weighted by Crippen LogP contribution is -2.08. The molecule has 0 aliphatic rings. The summed E-state index contributed by atoms with van der Waals surface area (Å²) in [6.07, 6.45) is 0.836. The summed E-state index contributed by atoms with van der Waals surface area (Å²) >= 11 is 0. The highest BCUT2D eigenvalue weighted by molar-refractivity contribution is 5.25. The zero-order valence-electron chi connectivity index (χ0n) is 7.47. The molecule has 0 aliphatic carbocycles. The maximum atomic E-state index is 13.0. The number of hydrogen-bond acceptors (Lipinski definition) is 1. The van der Waals surface area contributed by atoms with Gasteiger partial charge in [-0.05, 0) is 30.5 Å². The predicted molar refractivity (Wildman–Crippen MR) is 48.4 cm³/mol. The van der Waals surface area contributed by atoms with Crippen molar-refractivity contribution >= 4 is 0 Å². The first kappa shape index (κ1) is 9.20. The van der Waals surface area contributed by atoms with Crippen LogP contribution in [-0.4, -0.2) is 0 Å². The molecule has 1 aromatic carbocycles. The number of hydrogen-bond donors (Lipinski definition) is 1. The van der Waals surface area contributed by atoms with E-state index in [1.807, 2.05) is 13.0 Å². The molecule has 0 bridgehead atoms. The quantitative estimate of drug-likeness (QED) is 0.719. The zero-order chi connectivity index (χ0) is 9.14. The molecule has 0 radical (unpaired) electrons. The zero-order valence-corrected chi connectivity index (χ0v) is 7.47. The number of halogens is 1. The molecule has 1 atom stereocenters. The summed E-state index contributed by atoms with van der Waals surface area (Å²) in [7, 11) is 0. The fourth-order valence-electron chi connectivity index (χ4n) is 1.08. The Kier molecular flexibility index (Phi) is 2.82. The summed E-state index contributed by atoms with van der Waals surface area (Å²) in [5.41, 5.74) is 7.29. The van der Waals surface area contributed by atoms with Crippen molar-refractivity contribution in [2.45, 2.75) is 26.3 Å². The van der Waals surface area contributed by atoms with E-state index in [1.54, 1.807) is 13.0 Å². The first-order chi connectivity index (χ1) is 5.65. The molecule has 1 aromatic rings. The summed E-state index contributed by atoms with van der Waals surface area (Å²) in [5.74, 6) is -0.170. The Morgan fingerprint density at radius 1 is 1.50 bits per heavy atom. The third-order valence-corrected chi connectivity index (χ3v) is 2.06. The minimum absolute atomic E-state index is 0.0416. The molecule has 1 rings (SSSR count). The number of aryl methyl sites for hydroxylation is 1. The van der Waals surface area contributed by atoms with Crippen LogP contribution in [0.3, 0.4) is 0 Å². The second-order valence-corrected chi connectivity index (χ2v) is 3.02. The van der Waals surface area contributed by atoms with Crippen molar-refractivity contribution in [2.75, 3.05) is 0 Å². The SMILES string of the molecule is CC[C@@H](N)c1ccc(C)c(F)c1. The van der Waals surface area contributed by atoms with E-state index in [9.17, 15) is 4.39 Å². The maximum Gasteiger partial charge on any atom is 0.126 e. The van der Waals surface area contributed by atoms with Gasteiger partial charge in [0.2, 0.25) is 0 Å². The van der Waals surface area contributed by atoms with Crippen LogP contribution in [0.15, 0.2) is 18.2 Å². The molecule has 12 heavy (non-hydrogen) atoms. The molecule has 66 valence electrons. The average Bonchev–Trinajstić information content (AvgIpc) is 2.08. The van der Waals surface area contributed by atoms with E-state index in [-0.39, 0.29) is 11.9 Å². The smallest absolute Gasteiger partial charge is 0.126 e. The van der Waals surface area contributed by atoms with Crippen LogP contribution in [0.1, 0.15) is 30.5 Å². The Balaban J connectivity index is 2.96. The molecule has 0 aliphatic heterocycles. The first-order valence-electron chi connectivity index (χ1n) is 4.16. The lowest BCUT2D eigenvalue weighted by atomic mass is 10.0. The Labute approximate surface area is 72.4 Å². The van der Waals surface area contributed by atoms with Crippen LogP contribution in [-0.2, 0) is 0 Å². The van der Waals surface area contributed by atoms with Gasteiger partial charge >= 0.3 is 0 Å². The van der Waals surface area contributed by atoms with Crippen molar-refractivity contribution in [3.05, 3.63) is 35.1 Å². The van der Waals surface area contributed by atoms with E-state index in [1.165, 1.54) is 6.07 Å². The Hall–Kier alpha value is -0.890. The molecule has 0 saturated carbocycles. The van der Waals surface area contributed by atoms with E-state index in [0.717, 1.165) is 12.0 Å². The average molecular weight is 167 g/mol. The first-order valence-corrected chi connectivity index (χ1v) is 4.16. The minimum atomic E-state index is -0.170. The third-order valence-electron chi connectivity index (χ3n) is 2.06. The van der Waals surface area contributed by atoms with Gasteiger partial charge in [-0.2, -0.15) is 0 Å². The van der Waals surface area contributed by atoms with Gasteiger partial charge in [-0.1, -0.05) is 19.1 Å². The van der Waals surface area contributed by atoms with E-state index in [2.05, 4.69) is 0 Å². The van der Waals surface area contributed by atoms with Crippen molar-refractivity contribution in [3.8, 4) is 0 Å². The number of rotatable bonds is 2. The molecular weight excluding hydrogens is 153 g/mol. The van der Waals surface area contributed by atoms with Crippen molar-refractivity contribution in [1.82, 2.24) is 0 Å². The maximum absolute atomic E-state index is 13.0. The Morgan fingerprint density at radius 2 is 2.17 bits per heavy atom. The van der Waals surface area contributed by atoms with Gasteiger partial charge in [-0.3, -0.25) is 0 Å². The van der Waals surface area contributed by atoms with E-state index >= 15 is 0 Å². The topological polar surface area (TPSA) is 26.0 Å². The van der Waals surface area contributed by atoms with Crippen molar-refractivity contribution in [3.63, 3.8) is 0 Å². The summed E-state index contributed by atoms with van der Waals surface area (Å²) in [4.78, 5) is 0. The van der Waals surface area contributed by atoms with Crippen LogP contribution in [0.25, 0.3) is 0 Å². The molecular formula is C10H14FN. The summed E-state index contributed by atoms with van der Waals surface area (Å²) in [5, 5.41) is 0. The number of benzene rings is 1. The van der Waals surface area contributed by atoms with Gasteiger partial charge < -0.3 is 5.73 Å². The highest BCUT2D eigenvalue weighted by Crippen LogP contribution is 2.16. The van der Waals surface area contributed by atoms with Gasteiger partial charge in [-0.15, -0.1) is 0 Å². The van der Waals surface area contributed by atoms with Gasteiger partial charge in [-0.25, -0.2) is 4.39 Å². The second-order valence-electron chi connectivity index (χ2n) is 3.02. The fourth-order valence-corrected chi connectivity index (χ4v) is 1.08. The molecule has 2 N–H and O–H groups in total. The normalized spacial score (nSPS) is 13.0. The van der Waals surface area contributed by atoms with Crippen molar-refractivity contribution in [1.29, 1.82) is 0 Å². The lowest BCUT2D eigenvalue weighted by molar-refractivity contribution is 0.608. The summed E-state index contributed by atoms with van der Waals surface area (Å²) < 4.78 is 13.0. The van der Waals surface area contributed by atoms with Gasteiger partial charge in [0.15, 0.2) is 0 Å². The van der Waals surface area contributed by atoms with Crippen molar-refractivity contribution < 1.29 is 4.39 Å². The molecule has 0 saturated heterocycles. The van der Waals surface area contributed by atoms with Crippen LogP contribution in [0.5, 0.6) is 0 Å². The number of nitrogens with two attached hydrogens (primary N) is 1. The second kappa shape index (κ2) is 3.68. The highest BCUT2D eigenvalue weighted by atomic mass is 19.1. The van der Waals surface area contributed by atoms with Gasteiger partial charge in [0, 0.05) is 6.04 Å². The van der Waals surface area contributed by atoms with E-state index < -0.39 is 0 Å². The molecule has 0 spiro atoms. The van der Waals surface area contributed by atoms with Crippen LogP contribution in [0, 0.1) is 12.7 Å². The van der Waals surface area contributed by atoms with Gasteiger partial charge in [0.1, 0.15) is 5.82 Å². The van der Waals surface area contributed by atoms with Crippen molar-refractivity contribution in [2.24, 2.45) is 5.73 Å². The van der Waals surface area contributed by atoms with Crippen LogP contribution in [0.2, 0.25) is 0 Å². The van der Waals surface area contributed by atoms with Gasteiger partial charge in [0.25, 0.3) is 0 Å². The van der Waals surface area contributed by atoms with Gasteiger partial charge in [0.05, 0.1) is 0 Å². The molecule has 0 amide bonds. The van der Waals surface area contributed by atoms with E-state index in [4.69, 9.17) is 5.73 Å². The molecule has 0 fully saturated rings. The standard InChI is InChI=1S/C10H14FN/c1-3-10(12)8-5-4-7(2)9(11)6-8/h4-6,10H,3,12H2,1-2H3/t10-/m1/s1. The molecule has 0 aromatic heterocycles. The molecule has 2 heteroatoms. The Morgan fingerprint density at radius 3 is 2.67 bits per heavy atom. The minimum Gasteiger partial charge on any atom is -0.324 e. The largest absolute Gasteiger partial charge is 0.324 e. The molecule has 0 heterocycles. The molecule has 0 unspecified atom stereocenters. The van der Waals surface area contributed by atoms with E-state index in [0.29, 0.717) is 5.56 Å². The fraction of sp³-hybridized carbons (Fsp3) is 0.400. The highest BCUT2D eigenvalue weighted by Gasteiger charge is 2.04. The monoisotopic (exact) mass is 167 g/mol. The van der Waals surface area contributed by atoms with Crippen LogP contribution < -0.4 is 5.73 Å².